The lowest BCUT2D eigenvalue weighted by molar-refractivity contribution is -0.135. The van der Waals surface area contributed by atoms with Gasteiger partial charge in [-0.2, -0.15) is 0 Å². The van der Waals surface area contributed by atoms with E-state index >= 15 is 0 Å². The van der Waals surface area contributed by atoms with E-state index in [0.717, 1.165) is 16.5 Å². The second-order valence-electron chi connectivity index (χ2n) is 6.36. The highest BCUT2D eigenvalue weighted by Crippen LogP contribution is 2.38. The molecule has 0 saturated carbocycles. The largest absolute Gasteiger partial charge is 0.378 e. The van der Waals surface area contributed by atoms with Gasteiger partial charge in [-0.25, -0.2) is 4.68 Å². The highest BCUT2D eigenvalue weighted by atomic mass is 32.2. The Morgan fingerprint density at radius 2 is 1.92 bits per heavy atom. The van der Waals surface area contributed by atoms with Crippen LogP contribution in [0.4, 0.5) is 0 Å². The molecule has 0 bridgehead atoms. The molecule has 0 radical (unpaired) electrons. The fourth-order valence-electron chi connectivity index (χ4n) is 3.14. The van der Waals surface area contributed by atoms with Crippen LogP contribution in [0.1, 0.15) is 23.0 Å². The molecule has 0 spiro atoms. The van der Waals surface area contributed by atoms with Gasteiger partial charge in [0.25, 0.3) is 0 Å². The summed E-state index contributed by atoms with van der Waals surface area (Å²) in [4.78, 5) is 15.1. The average Bonchev–Trinajstić information content (AvgIpc) is 3.02. The summed E-state index contributed by atoms with van der Waals surface area (Å²) >= 11 is 1.48. The minimum Gasteiger partial charge on any atom is -0.378 e. The van der Waals surface area contributed by atoms with Crippen molar-refractivity contribution in [2.45, 2.75) is 30.3 Å². The Morgan fingerprint density at radius 1 is 1.20 bits per heavy atom. The van der Waals surface area contributed by atoms with E-state index in [4.69, 9.17) is 4.74 Å². The van der Waals surface area contributed by atoms with Gasteiger partial charge in [-0.05, 0) is 19.4 Å². The van der Waals surface area contributed by atoms with Crippen LogP contribution in [0.25, 0.3) is 0 Å². The van der Waals surface area contributed by atoms with Crippen molar-refractivity contribution in [2.75, 3.05) is 31.7 Å². The molecule has 1 N–H and O–H groups in total. The molecule has 1 aromatic heterocycles. The number of thioether (sulfide) groups is 1. The average molecular weight is 359 g/mol. The maximum absolute atomic E-state index is 13.2. The Bertz CT molecular complexity index is 770. The monoisotopic (exact) mass is 359 g/mol. The molecular formula is C17H21N5O2S. The van der Waals surface area contributed by atoms with E-state index in [0.29, 0.717) is 26.3 Å². The number of ether oxygens (including phenoxy) is 1. The number of carbonyl (C=O) groups excluding carboxylic acids is 1. The summed E-state index contributed by atoms with van der Waals surface area (Å²) in [5.74, 6) is 0.912. The topological polar surface area (TPSA) is 72.3 Å². The predicted octanol–water partition coefficient (Wildman–Crippen LogP) is 1.51. The van der Waals surface area contributed by atoms with E-state index in [1.807, 2.05) is 16.5 Å². The molecule has 2 aliphatic rings. The molecule has 2 aliphatic heterocycles. The van der Waals surface area contributed by atoms with Gasteiger partial charge in [-0.1, -0.05) is 41.6 Å². The van der Waals surface area contributed by atoms with Crippen molar-refractivity contribution in [3.05, 3.63) is 41.2 Å². The summed E-state index contributed by atoms with van der Waals surface area (Å²) in [7, 11) is 0. The van der Waals surface area contributed by atoms with Crippen LogP contribution < -0.4 is 5.43 Å². The van der Waals surface area contributed by atoms with Gasteiger partial charge in [0.05, 0.1) is 19.3 Å². The summed E-state index contributed by atoms with van der Waals surface area (Å²) in [6, 6.07) is 8.18. The number of aryl methyl sites for hydroxylation is 2. The fraction of sp³-hybridized carbons (Fsp3) is 0.471. The zero-order chi connectivity index (χ0) is 17.4. The molecule has 3 heterocycles. The molecule has 4 rings (SSSR count). The lowest BCUT2D eigenvalue weighted by Gasteiger charge is -2.37. The maximum atomic E-state index is 13.2. The lowest BCUT2D eigenvalue weighted by Crippen LogP contribution is -2.49. The van der Waals surface area contributed by atoms with Crippen molar-refractivity contribution in [3.63, 3.8) is 0 Å². The van der Waals surface area contributed by atoms with Crippen LogP contribution >= 0.6 is 11.8 Å². The summed E-state index contributed by atoms with van der Waals surface area (Å²) in [5.41, 5.74) is 5.73. The van der Waals surface area contributed by atoms with Crippen LogP contribution in [-0.4, -0.2) is 57.2 Å². The van der Waals surface area contributed by atoms with Gasteiger partial charge in [-0.15, -0.1) is 10.2 Å². The number of benzene rings is 1. The van der Waals surface area contributed by atoms with Crippen molar-refractivity contribution in [3.8, 4) is 0 Å². The number of nitrogens with one attached hydrogen (secondary N) is 1. The molecule has 8 heteroatoms. The second-order valence-corrected chi connectivity index (χ2v) is 7.47. The third-order valence-corrected chi connectivity index (χ3v) is 5.80. The lowest BCUT2D eigenvalue weighted by atomic mass is 10.0. The Labute approximate surface area is 150 Å². The number of aromatic nitrogens is 3. The van der Waals surface area contributed by atoms with E-state index in [1.54, 1.807) is 0 Å². The number of hydrogen-bond acceptors (Lipinski definition) is 6. The molecule has 2 aromatic rings. The van der Waals surface area contributed by atoms with Crippen LogP contribution in [0.3, 0.4) is 0 Å². The Kier molecular flexibility index (Phi) is 4.39. The van der Waals surface area contributed by atoms with Crippen LogP contribution in [0, 0.1) is 13.8 Å². The summed E-state index contributed by atoms with van der Waals surface area (Å²) < 4.78 is 7.25. The smallest absolute Gasteiger partial charge is 0.238 e. The number of morpholine rings is 1. The highest BCUT2D eigenvalue weighted by Gasteiger charge is 2.39. The first-order chi connectivity index (χ1) is 12.1. The standard InChI is InChI=1S/C17H21N5O2S/c1-11-3-5-13(6-4-11)14-15(16(23)21-7-9-24-10-8-21)25-17-19-18-12(2)22(17)20-14/h3-6,14-15,20H,7-10H2,1-2H3/t14-,15-/m1/s1. The molecular weight excluding hydrogens is 338 g/mol. The Morgan fingerprint density at radius 3 is 2.64 bits per heavy atom. The summed E-state index contributed by atoms with van der Waals surface area (Å²) in [6.07, 6.45) is 0. The molecule has 0 unspecified atom stereocenters. The second kappa shape index (κ2) is 6.68. The third kappa shape index (κ3) is 3.11. The van der Waals surface area contributed by atoms with E-state index in [2.05, 4.69) is 46.8 Å². The maximum Gasteiger partial charge on any atom is 0.238 e. The van der Waals surface area contributed by atoms with Crippen LogP contribution in [0.5, 0.6) is 0 Å². The van der Waals surface area contributed by atoms with Gasteiger partial charge < -0.3 is 15.1 Å². The number of fused-ring (bicyclic) bond motifs is 1. The SMILES string of the molecule is Cc1ccc([C@H]2Nn3c(C)nnc3S[C@H]2C(=O)N2CCOCC2)cc1. The third-order valence-electron chi connectivity index (χ3n) is 4.60. The number of nitrogens with zero attached hydrogens (tertiary/aromatic N) is 4. The zero-order valence-electron chi connectivity index (χ0n) is 14.3. The molecule has 25 heavy (non-hydrogen) atoms. The van der Waals surface area contributed by atoms with Gasteiger partial charge in [0.1, 0.15) is 11.1 Å². The van der Waals surface area contributed by atoms with E-state index in [-0.39, 0.29) is 17.2 Å². The summed E-state index contributed by atoms with van der Waals surface area (Å²) in [5, 5.41) is 8.77. The molecule has 0 aliphatic carbocycles. The Hall–Kier alpha value is -2.06. The van der Waals surface area contributed by atoms with Gasteiger partial charge in [0.15, 0.2) is 0 Å². The molecule has 1 fully saturated rings. The first-order valence-electron chi connectivity index (χ1n) is 8.42. The molecule has 132 valence electrons. The van der Waals surface area contributed by atoms with Crippen LogP contribution in [-0.2, 0) is 9.53 Å². The first-order valence-corrected chi connectivity index (χ1v) is 9.30. The van der Waals surface area contributed by atoms with E-state index in [9.17, 15) is 4.79 Å². The van der Waals surface area contributed by atoms with Gasteiger partial charge >= 0.3 is 0 Å². The van der Waals surface area contributed by atoms with Gasteiger partial charge in [0.2, 0.25) is 11.1 Å². The molecule has 1 amide bonds. The molecule has 7 nitrogen and oxygen atoms in total. The first kappa shape index (κ1) is 16.4. The van der Waals surface area contributed by atoms with Gasteiger partial charge in [-0.3, -0.25) is 4.79 Å². The van der Waals surface area contributed by atoms with Gasteiger partial charge in [0, 0.05) is 13.1 Å². The molecule has 1 saturated heterocycles. The number of carbonyl (C=O) groups is 1. The molecule has 1 aromatic carbocycles. The number of amides is 1. The Balaban J connectivity index is 1.68. The normalized spacial score (nSPS) is 23.0. The van der Waals surface area contributed by atoms with Crippen LogP contribution in [0.2, 0.25) is 0 Å². The number of hydrogen-bond donors (Lipinski definition) is 1. The summed E-state index contributed by atoms with van der Waals surface area (Å²) in [6.45, 7) is 6.44. The van der Waals surface area contributed by atoms with E-state index < -0.39 is 0 Å². The quantitative estimate of drug-likeness (QED) is 0.876. The number of rotatable bonds is 2. The highest BCUT2D eigenvalue weighted by molar-refractivity contribution is 8.00. The van der Waals surface area contributed by atoms with Crippen molar-refractivity contribution in [2.24, 2.45) is 0 Å². The van der Waals surface area contributed by atoms with Crippen molar-refractivity contribution in [1.29, 1.82) is 0 Å². The zero-order valence-corrected chi connectivity index (χ0v) is 15.1. The predicted molar refractivity (Wildman–Crippen MR) is 95.1 cm³/mol. The van der Waals surface area contributed by atoms with Crippen molar-refractivity contribution in [1.82, 2.24) is 19.8 Å². The van der Waals surface area contributed by atoms with Crippen molar-refractivity contribution >= 4 is 17.7 Å². The van der Waals surface area contributed by atoms with Crippen molar-refractivity contribution < 1.29 is 9.53 Å². The minimum atomic E-state index is -0.281. The van der Waals surface area contributed by atoms with Crippen LogP contribution in [0.15, 0.2) is 29.4 Å². The van der Waals surface area contributed by atoms with E-state index in [1.165, 1.54) is 17.3 Å². The fourth-order valence-corrected chi connectivity index (χ4v) is 4.35. The molecule has 2 atom stereocenters. The minimum absolute atomic E-state index is 0.123.